The van der Waals surface area contributed by atoms with Gasteiger partial charge in [0, 0.05) is 12.2 Å². The first-order chi connectivity index (χ1) is 13.2. The van der Waals surface area contributed by atoms with Crippen molar-refractivity contribution in [3.63, 3.8) is 0 Å². The van der Waals surface area contributed by atoms with Crippen molar-refractivity contribution in [2.24, 2.45) is 0 Å². The molecule has 6 heteroatoms. The molecule has 2 aromatic heterocycles. The van der Waals surface area contributed by atoms with Gasteiger partial charge in [-0.1, -0.05) is 43.2 Å². The molecule has 0 saturated heterocycles. The van der Waals surface area contributed by atoms with Gasteiger partial charge in [-0.15, -0.1) is 0 Å². The number of carbonyl (C=O) groups is 1. The number of amides is 1. The van der Waals surface area contributed by atoms with Crippen LogP contribution in [0.3, 0.4) is 0 Å². The minimum Gasteiger partial charge on any atom is -0.445 e. The number of nitrogens with one attached hydrogen (secondary N) is 1. The van der Waals surface area contributed by atoms with Gasteiger partial charge in [0.05, 0.1) is 6.04 Å². The summed E-state index contributed by atoms with van der Waals surface area (Å²) in [6, 6.07) is 13.7. The first kappa shape index (κ1) is 17.5. The molecule has 0 radical (unpaired) electrons. The van der Waals surface area contributed by atoms with Gasteiger partial charge >= 0.3 is 6.09 Å². The predicted octanol–water partition coefficient (Wildman–Crippen LogP) is 4.53. The van der Waals surface area contributed by atoms with Crippen LogP contribution in [0.1, 0.15) is 56.1 Å². The third-order valence-electron chi connectivity index (χ3n) is 5.10. The van der Waals surface area contributed by atoms with Crippen LogP contribution in [0, 0.1) is 0 Å². The predicted molar refractivity (Wildman–Crippen MR) is 103 cm³/mol. The summed E-state index contributed by atoms with van der Waals surface area (Å²) in [4.78, 5) is 21.6. The van der Waals surface area contributed by atoms with Crippen molar-refractivity contribution in [3.8, 4) is 0 Å². The molecule has 1 aliphatic carbocycles. The number of carbonyl (C=O) groups excluding carboxylic acids is 1. The van der Waals surface area contributed by atoms with E-state index in [0.29, 0.717) is 6.04 Å². The van der Waals surface area contributed by atoms with E-state index >= 15 is 0 Å². The van der Waals surface area contributed by atoms with Crippen LogP contribution in [0.4, 0.5) is 4.79 Å². The van der Waals surface area contributed by atoms with Crippen molar-refractivity contribution in [2.45, 2.75) is 51.3 Å². The van der Waals surface area contributed by atoms with Gasteiger partial charge in [0.25, 0.3) is 0 Å². The second kappa shape index (κ2) is 7.78. The van der Waals surface area contributed by atoms with Gasteiger partial charge in [0.15, 0.2) is 5.65 Å². The van der Waals surface area contributed by atoms with Crippen LogP contribution in [0.15, 0.2) is 48.7 Å². The lowest BCUT2D eigenvalue weighted by molar-refractivity contribution is 0.135. The lowest BCUT2D eigenvalue weighted by Gasteiger charge is -2.20. The average molecular weight is 364 g/mol. The second-order valence-corrected chi connectivity index (χ2v) is 7.05. The van der Waals surface area contributed by atoms with E-state index in [1.54, 1.807) is 6.20 Å². The molecule has 0 bridgehead atoms. The van der Waals surface area contributed by atoms with Gasteiger partial charge in [-0.3, -0.25) is 0 Å². The fraction of sp³-hybridized carbons (Fsp3) is 0.381. The number of benzene rings is 1. The normalized spacial score (nSPS) is 15.7. The molecule has 27 heavy (non-hydrogen) atoms. The zero-order chi connectivity index (χ0) is 18.6. The Balaban J connectivity index is 1.51. The topological polar surface area (TPSA) is 69.0 Å². The van der Waals surface area contributed by atoms with E-state index in [1.807, 2.05) is 49.4 Å². The molecule has 1 aromatic carbocycles. The number of rotatable bonds is 5. The molecule has 1 atom stereocenters. The van der Waals surface area contributed by atoms with E-state index in [1.165, 1.54) is 12.8 Å². The quantitative estimate of drug-likeness (QED) is 0.722. The van der Waals surface area contributed by atoms with E-state index in [2.05, 4.69) is 14.9 Å². The van der Waals surface area contributed by atoms with Crippen molar-refractivity contribution < 1.29 is 9.53 Å². The summed E-state index contributed by atoms with van der Waals surface area (Å²) in [5, 5.41) is 2.92. The summed E-state index contributed by atoms with van der Waals surface area (Å²) in [5.41, 5.74) is 2.72. The van der Waals surface area contributed by atoms with Crippen molar-refractivity contribution in [1.82, 2.24) is 19.9 Å². The van der Waals surface area contributed by atoms with Crippen LogP contribution in [-0.4, -0.2) is 20.6 Å². The first-order valence-corrected chi connectivity index (χ1v) is 9.52. The van der Waals surface area contributed by atoms with Crippen LogP contribution in [0.2, 0.25) is 0 Å². The molecular formula is C21H24N4O2. The van der Waals surface area contributed by atoms with Gasteiger partial charge in [0.1, 0.15) is 17.9 Å². The molecule has 3 aromatic rings. The Bertz CT molecular complexity index is 916. The van der Waals surface area contributed by atoms with Gasteiger partial charge in [0.2, 0.25) is 0 Å². The number of nitrogens with zero attached hydrogens (tertiary/aromatic N) is 3. The van der Waals surface area contributed by atoms with Crippen LogP contribution >= 0.6 is 0 Å². The molecule has 4 rings (SSSR count). The Morgan fingerprint density at radius 2 is 2.00 bits per heavy atom. The summed E-state index contributed by atoms with van der Waals surface area (Å²) in [5.74, 6) is 0.840. The minimum absolute atomic E-state index is 0.250. The molecule has 1 saturated carbocycles. The highest BCUT2D eigenvalue weighted by atomic mass is 16.5. The highest BCUT2D eigenvalue weighted by Gasteiger charge is 2.26. The standard InChI is InChI=1S/C21H24N4O2/c1-15(23-21(26)27-14-16-8-3-2-4-9-16)19-24-18-12-7-13-22-20(18)25(19)17-10-5-6-11-17/h2-4,7-9,12-13,15,17H,5-6,10-11,14H2,1H3,(H,23,26). The summed E-state index contributed by atoms with van der Waals surface area (Å²) < 4.78 is 7.57. The second-order valence-electron chi connectivity index (χ2n) is 7.05. The Kier molecular flexibility index (Phi) is 5.05. The fourth-order valence-electron chi connectivity index (χ4n) is 3.78. The number of hydrogen-bond acceptors (Lipinski definition) is 4. The maximum absolute atomic E-state index is 12.3. The van der Waals surface area contributed by atoms with E-state index in [9.17, 15) is 4.79 Å². The fourth-order valence-corrected chi connectivity index (χ4v) is 3.78. The summed E-state index contributed by atoms with van der Waals surface area (Å²) in [7, 11) is 0. The van der Waals surface area contributed by atoms with E-state index in [-0.39, 0.29) is 12.6 Å². The van der Waals surface area contributed by atoms with Crippen molar-refractivity contribution in [1.29, 1.82) is 0 Å². The molecule has 1 amide bonds. The van der Waals surface area contributed by atoms with Crippen LogP contribution in [0.25, 0.3) is 11.2 Å². The molecule has 140 valence electrons. The van der Waals surface area contributed by atoms with Crippen LogP contribution < -0.4 is 5.32 Å². The first-order valence-electron chi connectivity index (χ1n) is 9.52. The van der Waals surface area contributed by atoms with Gasteiger partial charge in [-0.25, -0.2) is 14.8 Å². The number of pyridine rings is 1. The van der Waals surface area contributed by atoms with E-state index < -0.39 is 6.09 Å². The average Bonchev–Trinajstić information content (AvgIpc) is 3.34. The molecular weight excluding hydrogens is 340 g/mol. The third-order valence-corrected chi connectivity index (χ3v) is 5.10. The highest BCUT2D eigenvalue weighted by molar-refractivity contribution is 5.72. The zero-order valence-corrected chi connectivity index (χ0v) is 15.5. The lowest BCUT2D eigenvalue weighted by Crippen LogP contribution is -2.29. The molecule has 0 aliphatic heterocycles. The third kappa shape index (κ3) is 3.79. The number of fused-ring (bicyclic) bond motifs is 1. The molecule has 1 aliphatic rings. The molecule has 1 unspecified atom stereocenters. The van der Waals surface area contributed by atoms with Crippen LogP contribution in [0.5, 0.6) is 0 Å². The Morgan fingerprint density at radius 3 is 2.78 bits per heavy atom. The zero-order valence-electron chi connectivity index (χ0n) is 15.5. The monoisotopic (exact) mass is 364 g/mol. The van der Waals surface area contributed by atoms with E-state index in [4.69, 9.17) is 9.72 Å². The van der Waals surface area contributed by atoms with Crippen molar-refractivity contribution in [3.05, 3.63) is 60.0 Å². The van der Waals surface area contributed by atoms with Gasteiger partial charge in [-0.05, 0) is 37.5 Å². The Labute approximate surface area is 158 Å². The molecule has 6 nitrogen and oxygen atoms in total. The molecule has 1 fully saturated rings. The number of aromatic nitrogens is 3. The Hall–Kier alpha value is -2.89. The smallest absolute Gasteiger partial charge is 0.408 e. The minimum atomic E-state index is -0.440. The van der Waals surface area contributed by atoms with Gasteiger partial charge in [-0.2, -0.15) is 0 Å². The SMILES string of the molecule is CC(NC(=O)OCc1ccccc1)c1nc2cccnc2n1C1CCCC1. The molecule has 1 N–H and O–H groups in total. The number of alkyl carbamates (subject to hydrolysis) is 1. The maximum atomic E-state index is 12.3. The van der Waals surface area contributed by atoms with Gasteiger partial charge < -0.3 is 14.6 Å². The van der Waals surface area contributed by atoms with E-state index in [0.717, 1.165) is 35.4 Å². The van der Waals surface area contributed by atoms with Crippen LogP contribution in [-0.2, 0) is 11.3 Å². The number of ether oxygens (including phenoxy) is 1. The number of hydrogen-bond donors (Lipinski definition) is 1. The lowest BCUT2D eigenvalue weighted by atomic mass is 10.2. The van der Waals surface area contributed by atoms with Crippen molar-refractivity contribution >= 4 is 17.3 Å². The largest absolute Gasteiger partial charge is 0.445 e. The summed E-state index contributed by atoms with van der Waals surface area (Å²) in [6.45, 7) is 2.19. The number of imidazole rings is 1. The summed E-state index contributed by atoms with van der Waals surface area (Å²) in [6.07, 6.45) is 6.05. The van der Waals surface area contributed by atoms with Crippen molar-refractivity contribution in [2.75, 3.05) is 0 Å². The Morgan fingerprint density at radius 1 is 1.22 bits per heavy atom. The maximum Gasteiger partial charge on any atom is 0.408 e. The highest BCUT2D eigenvalue weighted by Crippen LogP contribution is 2.34. The summed E-state index contributed by atoms with van der Waals surface area (Å²) >= 11 is 0. The molecule has 0 spiro atoms. The molecule has 2 heterocycles.